The zero-order chi connectivity index (χ0) is 21.3. The molecule has 0 saturated heterocycles. The van der Waals surface area contributed by atoms with Crippen molar-refractivity contribution in [2.24, 2.45) is 4.99 Å². The van der Waals surface area contributed by atoms with Crippen LogP contribution in [0.1, 0.15) is 36.5 Å². The van der Waals surface area contributed by atoms with Crippen molar-refractivity contribution in [3.05, 3.63) is 64.0 Å². The first-order chi connectivity index (χ1) is 14.6. The van der Waals surface area contributed by atoms with Crippen LogP contribution in [-0.2, 0) is 21.8 Å². The second kappa shape index (κ2) is 11.5. The first-order valence-electron chi connectivity index (χ1n) is 10.5. The molecular weight excluding hydrogens is 412 g/mol. The maximum Gasteiger partial charge on any atom is 0.248 e. The number of ether oxygens (including phenoxy) is 1. The van der Waals surface area contributed by atoms with Crippen LogP contribution >= 0.6 is 23.1 Å². The minimum atomic E-state index is -0.0404. The van der Waals surface area contributed by atoms with Gasteiger partial charge in [0.1, 0.15) is 0 Å². The lowest BCUT2D eigenvalue weighted by molar-refractivity contribution is -0.118. The van der Waals surface area contributed by atoms with E-state index in [9.17, 15) is 4.79 Å². The predicted molar refractivity (Wildman–Crippen MR) is 128 cm³/mol. The van der Waals surface area contributed by atoms with Gasteiger partial charge in [0, 0.05) is 25.3 Å². The van der Waals surface area contributed by atoms with Crippen molar-refractivity contribution in [1.82, 2.24) is 4.57 Å². The highest BCUT2D eigenvalue weighted by atomic mass is 32.2. The van der Waals surface area contributed by atoms with Crippen LogP contribution in [0.2, 0.25) is 0 Å². The Hall–Kier alpha value is -1.89. The summed E-state index contributed by atoms with van der Waals surface area (Å²) in [6, 6.07) is 14.8. The molecular formula is C24H30N2O2S2. The molecule has 4 nitrogen and oxygen atoms in total. The summed E-state index contributed by atoms with van der Waals surface area (Å²) < 4.78 is 8.89. The molecule has 0 saturated carbocycles. The number of hydrogen-bond acceptors (Lipinski definition) is 4. The Kier molecular flexibility index (Phi) is 8.73. The number of hydrogen-bond donors (Lipinski definition) is 0. The summed E-state index contributed by atoms with van der Waals surface area (Å²) in [7, 11) is 0. The van der Waals surface area contributed by atoms with Crippen molar-refractivity contribution < 1.29 is 9.53 Å². The second-order valence-corrected chi connectivity index (χ2v) is 9.39. The zero-order valence-corrected chi connectivity index (χ0v) is 19.7. The summed E-state index contributed by atoms with van der Waals surface area (Å²) in [5, 5.41) is 0. The number of fused-ring (bicyclic) bond motifs is 1. The number of aromatic nitrogens is 1. The van der Waals surface area contributed by atoms with Crippen LogP contribution in [0.25, 0.3) is 10.2 Å². The molecule has 1 heterocycles. The molecule has 0 unspecified atom stereocenters. The standard InChI is InChI=1S/C24H30N2O2S2/c1-4-28-13-12-26-21-16-18(2)15-19(3)23(21)30-24(26)25-22(27)11-8-14-29-17-20-9-6-5-7-10-20/h5-7,9-10,15-16H,4,8,11-14,17H2,1-3H3. The van der Waals surface area contributed by atoms with Gasteiger partial charge in [-0.3, -0.25) is 4.79 Å². The van der Waals surface area contributed by atoms with E-state index in [2.05, 4.69) is 59.8 Å². The molecule has 2 aromatic carbocycles. The van der Waals surface area contributed by atoms with E-state index in [1.54, 1.807) is 11.3 Å². The number of thioether (sulfide) groups is 1. The highest BCUT2D eigenvalue weighted by Gasteiger charge is 2.11. The van der Waals surface area contributed by atoms with Gasteiger partial charge in [0.05, 0.1) is 16.8 Å². The number of thiazole rings is 1. The molecule has 0 fully saturated rings. The molecule has 0 N–H and O–H groups in total. The summed E-state index contributed by atoms with van der Waals surface area (Å²) in [4.78, 5) is 17.8. The Morgan fingerprint density at radius 3 is 2.77 bits per heavy atom. The third-order valence-electron chi connectivity index (χ3n) is 4.79. The molecule has 30 heavy (non-hydrogen) atoms. The normalized spacial score (nSPS) is 12.0. The number of benzene rings is 2. The van der Waals surface area contributed by atoms with Gasteiger partial charge in [-0.1, -0.05) is 47.7 Å². The van der Waals surface area contributed by atoms with Gasteiger partial charge in [-0.2, -0.15) is 16.8 Å². The van der Waals surface area contributed by atoms with Crippen LogP contribution in [0.5, 0.6) is 0 Å². The molecule has 3 aromatic rings. The van der Waals surface area contributed by atoms with Gasteiger partial charge in [0.15, 0.2) is 4.80 Å². The molecule has 6 heteroatoms. The van der Waals surface area contributed by atoms with Gasteiger partial charge in [-0.25, -0.2) is 0 Å². The van der Waals surface area contributed by atoms with Gasteiger partial charge < -0.3 is 9.30 Å². The van der Waals surface area contributed by atoms with Crippen LogP contribution in [0.15, 0.2) is 47.5 Å². The van der Waals surface area contributed by atoms with E-state index in [0.29, 0.717) is 26.2 Å². The molecule has 1 amide bonds. The molecule has 0 radical (unpaired) electrons. The van der Waals surface area contributed by atoms with Gasteiger partial charge in [0.25, 0.3) is 0 Å². The lowest BCUT2D eigenvalue weighted by Crippen LogP contribution is -2.19. The van der Waals surface area contributed by atoms with Crippen molar-refractivity contribution in [3.8, 4) is 0 Å². The summed E-state index contributed by atoms with van der Waals surface area (Å²) in [6.07, 6.45) is 1.33. The van der Waals surface area contributed by atoms with E-state index in [1.807, 2.05) is 24.8 Å². The van der Waals surface area contributed by atoms with Crippen molar-refractivity contribution >= 4 is 39.2 Å². The number of aryl methyl sites for hydroxylation is 2. The predicted octanol–water partition coefficient (Wildman–Crippen LogP) is 5.50. The fraction of sp³-hybridized carbons (Fsp3) is 0.417. The molecule has 1 aromatic heterocycles. The molecule has 0 aliphatic rings. The Morgan fingerprint density at radius 2 is 2.00 bits per heavy atom. The highest BCUT2D eigenvalue weighted by Crippen LogP contribution is 2.23. The zero-order valence-electron chi connectivity index (χ0n) is 18.0. The molecule has 0 bridgehead atoms. The van der Waals surface area contributed by atoms with Gasteiger partial charge in [-0.05, 0) is 55.7 Å². The highest BCUT2D eigenvalue weighted by molar-refractivity contribution is 7.98. The Balaban J connectivity index is 1.66. The van der Waals surface area contributed by atoms with E-state index in [1.165, 1.54) is 21.4 Å². The monoisotopic (exact) mass is 442 g/mol. The topological polar surface area (TPSA) is 43.6 Å². The Bertz CT molecular complexity index is 1040. The summed E-state index contributed by atoms with van der Waals surface area (Å²) >= 11 is 3.47. The largest absolute Gasteiger partial charge is 0.380 e. The third kappa shape index (κ3) is 6.30. The van der Waals surface area contributed by atoms with E-state index in [0.717, 1.165) is 28.2 Å². The average Bonchev–Trinajstić information content (AvgIpc) is 3.06. The smallest absolute Gasteiger partial charge is 0.248 e. The van der Waals surface area contributed by atoms with Crippen LogP contribution in [-0.4, -0.2) is 29.4 Å². The molecule has 0 atom stereocenters. The average molecular weight is 443 g/mol. The lowest BCUT2D eigenvalue weighted by Gasteiger charge is -2.07. The van der Waals surface area contributed by atoms with Crippen LogP contribution in [0, 0.1) is 13.8 Å². The molecule has 3 rings (SSSR count). The first-order valence-corrected chi connectivity index (χ1v) is 12.4. The van der Waals surface area contributed by atoms with E-state index in [-0.39, 0.29) is 5.91 Å². The quantitative estimate of drug-likeness (QED) is 0.390. The van der Waals surface area contributed by atoms with Crippen LogP contribution in [0.4, 0.5) is 0 Å². The van der Waals surface area contributed by atoms with Crippen molar-refractivity contribution in [3.63, 3.8) is 0 Å². The van der Waals surface area contributed by atoms with E-state index in [4.69, 9.17) is 4.74 Å². The van der Waals surface area contributed by atoms with Gasteiger partial charge in [-0.15, -0.1) is 0 Å². The third-order valence-corrected chi connectivity index (χ3v) is 7.13. The lowest BCUT2D eigenvalue weighted by atomic mass is 10.1. The number of rotatable bonds is 10. The van der Waals surface area contributed by atoms with Gasteiger partial charge >= 0.3 is 0 Å². The minimum absolute atomic E-state index is 0.0404. The summed E-state index contributed by atoms with van der Waals surface area (Å²) in [6.45, 7) is 8.23. The molecule has 0 aliphatic carbocycles. The Morgan fingerprint density at radius 1 is 1.20 bits per heavy atom. The summed E-state index contributed by atoms with van der Waals surface area (Å²) in [5.41, 5.74) is 4.91. The number of amides is 1. The molecule has 0 spiro atoms. The van der Waals surface area contributed by atoms with Crippen LogP contribution in [0.3, 0.4) is 0 Å². The van der Waals surface area contributed by atoms with Gasteiger partial charge in [0.2, 0.25) is 5.91 Å². The Labute approximate surface area is 187 Å². The van der Waals surface area contributed by atoms with E-state index >= 15 is 0 Å². The van der Waals surface area contributed by atoms with Crippen molar-refractivity contribution in [2.75, 3.05) is 19.0 Å². The SMILES string of the molecule is CCOCCn1c(=NC(=O)CCCSCc2ccccc2)sc2c(C)cc(C)cc21. The number of carbonyl (C=O) groups is 1. The first kappa shape index (κ1) is 22.8. The fourth-order valence-electron chi connectivity index (χ4n) is 3.37. The number of nitrogens with zero attached hydrogens (tertiary/aromatic N) is 2. The maximum absolute atomic E-state index is 12.5. The summed E-state index contributed by atoms with van der Waals surface area (Å²) in [5.74, 6) is 1.91. The second-order valence-electron chi connectivity index (χ2n) is 7.31. The van der Waals surface area contributed by atoms with E-state index < -0.39 is 0 Å². The maximum atomic E-state index is 12.5. The fourth-order valence-corrected chi connectivity index (χ4v) is 5.41. The van der Waals surface area contributed by atoms with Crippen molar-refractivity contribution in [2.45, 2.75) is 45.9 Å². The number of carbonyl (C=O) groups excluding carboxylic acids is 1. The minimum Gasteiger partial charge on any atom is -0.380 e. The molecule has 0 aliphatic heterocycles. The van der Waals surface area contributed by atoms with Crippen molar-refractivity contribution in [1.29, 1.82) is 0 Å². The molecule has 160 valence electrons. The van der Waals surface area contributed by atoms with Crippen LogP contribution < -0.4 is 4.80 Å².